The molecular formula is C15H20ClNO2. The van der Waals surface area contributed by atoms with Crippen LogP contribution in [0.1, 0.15) is 31.2 Å². The van der Waals surface area contributed by atoms with E-state index in [1.165, 1.54) is 0 Å². The number of ether oxygens (including phenoxy) is 1. The van der Waals surface area contributed by atoms with Gasteiger partial charge in [0, 0.05) is 0 Å². The first-order valence-electron chi connectivity index (χ1n) is 6.77. The van der Waals surface area contributed by atoms with Crippen LogP contribution < -0.4 is 5.32 Å². The molecule has 3 rings (SSSR count). The molecule has 0 spiro atoms. The fourth-order valence-corrected chi connectivity index (χ4v) is 3.36. The Morgan fingerprint density at radius 1 is 1.32 bits per heavy atom. The van der Waals surface area contributed by atoms with Gasteiger partial charge in [0.15, 0.2) is 0 Å². The summed E-state index contributed by atoms with van der Waals surface area (Å²) in [7, 11) is 0. The summed E-state index contributed by atoms with van der Waals surface area (Å²) in [4.78, 5) is 12.3. The summed E-state index contributed by atoms with van der Waals surface area (Å²) in [5, 5.41) is 3.39. The lowest BCUT2D eigenvalue weighted by Gasteiger charge is -2.27. The van der Waals surface area contributed by atoms with Gasteiger partial charge in [0.2, 0.25) is 0 Å². The van der Waals surface area contributed by atoms with Crippen LogP contribution in [-0.4, -0.2) is 18.1 Å². The molecule has 2 fully saturated rings. The van der Waals surface area contributed by atoms with Crippen LogP contribution in [0, 0.1) is 5.92 Å². The highest BCUT2D eigenvalue weighted by molar-refractivity contribution is 5.85. The first-order chi connectivity index (χ1) is 8.81. The van der Waals surface area contributed by atoms with Crippen LogP contribution in [0.3, 0.4) is 0 Å². The third-order valence-corrected chi connectivity index (χ3v) is 4.33. The molecule has 0 radical (unpaired) electrons. The molecule has 1 aliphatic carbocycles. The van der Waals surface area contributed by atoms with Gasteiger partial charge in [-0.05, 0) is 37.3 Å². The number of benzene rings is 1. The van der Waals surface area contributed by atoms with Gasteiger partial charge in [-0.3, -0.25) is 4.79 Å². The second-order valence-electron chi connectivity index (χ2n) is 5.34. The first kappa shape index (κ1) is 14.4. The lowest BCUT2D eigenvalue weighted by Crippen LogP contribution is -2.50. The molecule has 0 bridgehead atoms. The van der Waals surface area contributed by atoms with E-state index in [0.29, 0.717) is 12.5 Å². The highest BCUT2D eigenvalue weighted by Gasteiger charge is 2.52. The molecule has 104 valence electrons. The van der Waals surface area contributed by atoms with Crippen molar-refractivity contribution in [3.05, 3.63) is 35.9 Å². The third kappa shape index (κ3) is 2.63. The van der Waals surface area contributed by atoms with Crippen LogP contribution >= 0.6 is 12.4 Å². The van der Waals surface area contributed by atoms with Crippen LogP contribution in [0.4, 0.5) is 0 Å². The maximum Gasteiger partial charge on any atom is 0.326 e. The summed E-state index contributed by atoms with van der Waals surface area (Å²) >= 11 is 0. The summed E-state index contributed by atoms with van der Waals surface area (Å²) < 4.78 is 5.52. The van der Waals surface area contributed by atoms with Crippen molar-refractivity contribution < 1.29 is 9.53 Å². The number of carbonyl (C=O) groups excluding carboxylic acids is 1. The largest absolute Gasteiger partial charge is 0.459 e. The van der Waals surface area contributed by atoms with Gasteiger partial charge < -0.3 is 10.1 Å². The zero-order chi connectivity index (χ0) is 12.4. The summed E-state index contributed by atoms with van der Waals surface area (Å²) in [5.74, 6) is 0.437. The molecule has 2 unspecified atom stereocenters. The first-order valence-corrected chi connectivity index (χ1v) is 6.77. The van der Waals surface area contributed by atoms with Crippen molar-refractivity contribution >= 4 is 18.4 Å². The van der Waals surface area contributed by atoms with Gasteiger partial charge in [-0.2, -0.15) is 0 Å². The molecule has 2 atom stereocenters. The van der Waals surface area contributed by atoms with Gasteiger partial charge in [0.1, 0.15) is 12.1 Å². The molecule has 1 heterocycles. The van der Waals surface area contributed by atoms with Gasteiger partial charge in [-0.1, -0.05) is 36.8 Å². The average Bonchev–Trinajstić information content (AvgIpc) is 2.97. The number of carbonyl (C=O) groups is 1. The highest BCUT2D eigenvalue weighted by atomic mass is 35.5. The number of hydrogen-bond donors (Lipinski definition) is 1. The molecule has 4 heteroatoms. The lowest BCUT2D eigenvalue weighted by molar-refractivity contribution is -0.153. The molecule has 2 aliphatic rings. The number of esters is 1. The second kappa shape index (κ2) is 5.93. The Morgan fingerprint density at radius 2 is 2.11 bits per heavy atom. The highest BCUT2D eigenvalue weighted by Crippen LogP contribution is 2.42. The van der Waals surface area contributed by atoms with E-state index in [9.17, 15) is 4.79 Å². The van der Waals surface area contributed by atoms with E-state index >= 15 is 0 Å². The molecular weight excluding hydrogens is 262 g/mol. The minimum absolute atomic E-state index is 0. The lowest BCUT2D eigenvalue weighted by atomic mass is 9.89. The SMILES string of the molecule is Cl.O=C(OCc1ccccc1)C12CCCC1CCN2. The average molecular weight is 282 g/mol. The Bertz CT molecular complexity index is 425. The number of hydrogen-bond acceptors (Lipinski definition) is 3. The zero-order valence-electron chi connectivity index (χ0n) is 10.9. The predicted molar refractivity (Wildman–Crippen MR) is 76.2 cm³/mol. The topological polar surface area (TPSA) is 38.3 Å². The fraction of sp³-hybridized carbons (Fsp3) is 0.533. The van der Waals surface area contributed by atoms with Gasteiger partial charge in [-0.25, -0.2) is 0 Å². The van der Waals surface area contributed by atoms with E-state index in [1.54, 1.807) is 0 Å². The number of fused-ring (bicyclic) bond motifs is 1. The van der Waals surface area contributed by atoms with E-state index < -0.39 is 0 Å². The van der Waals surface area contributed by atoms with E-state index in [2.05, 4.69) is 5.32 Å². The monoisotopic (exact) mass is 281 g/mol. The van der Waals surface area contributed by atoms with E-state index in [4.69, 9.17) is 4.74 Å². The van der Waals surface area contributed by atoms with Crippen molar-refractivity contribution in [1.29, 1.82) is 0 Å². The van der Waals surface area contributed by atoms with Crippen molar-refractivity contribution in [1.82, 2.24) is 5.32 Å². The van der Waals surface area contributed by atoms with Crippen LogP contribution in [0.2, 0.25) is 0 Å². The molecule has 1 aromatic rings. The quantitative estimate of drug-likeness (QED) is 0.866. The van der Waals surface area contributed by atoms with Crippen molar-refractivity contribution in [3.63, 3.8) is 0 Å². The molecule has 0 aromatic heterocycles. The van der Waals surface area contributed by atoms with Crippen LogP contribution in [0.15, 0.2) is 30.3 Å². The summed E-state index contributed by atoms with van der Waals surface area (Å²) in [6, 6.07) is 9.87. The zero-order valence-corrected chi connectivity index (χ0v) is 11.7. The predicted octanol–water partition coefficient (Wildman–Crippen LogP) is 2.68. The van der Waals surface area contributed by atoms with E-state index in [1.807, 2.05) is 30.3 Å². The van der Waals surface area contributed by atoms with Crippen molar-refractivity contribution in [2.45, 2.75) is 37.8 Å². The smallest absolute Gasteiger partial charge is 0.326 e. The molecule has 1 saturated heterocycles. The maximum atomic E-state index is 12.3. The standard InChI is InChI=1S/C15H19NO2.ClH/c17-14(18-11-12-5-2-1-3-6-12)15-9-4-7-13(15)8-10-16-15;/h1-3,5-6,13,16H,4,7-11H2;1H. The van der Waals surface area contributed by atoms with Gasteiger partial charge in [0.25, 0.3) is 0 Å². The molecule has 19 heavy (non-hydrogen) atoms. The maximum absolute atomic E-state index is 12.3. The Hall–Kier alpha value is -1.06. The molecule has 0 amide bonds. The number of nitrogens with one attached hydrogen (secondary N) is 1. The van der Waals surface area contributed by atoms with Crippen molar-refractivity contribution in [3.8, 4) is 0 Å². The molecule has 1 saturated carbocycles. The normalized spacial score (nSPS) is 28.5. The van der Waals surface area contributed by atoms with Crippen LogP contribution in [0.5, 0.6) is 0 Å². The summed E-state index contributed by atoms with van der Waals surface area (Å²) in [6.07, 6.45) is 4.34. The Kier molecular flexibility index (Phi) is 4.48. The fourth-order valence-electron chi connectivity index (χ4n) is 3.36. The Balaban J connectivity index is 0.00000133. The van der Waals surface area contributed by atoms with Crippen LogP contribution in [-0.2, 0) is 16.1 Å². The van der Waals surface area contributed by atoms with E-state index in [-0.39, 0.29) is 23.9 Å². The molecule has 1 aliphatic heterocycles. The Labute approximate surface area is 120 Å². The Morgan fingerprint density at radius 3 is 2.89 bits per heavy atom. The van der Waals surface area contributed by atoms with Crippen molar-refractivity contribution in [2.75, 3.05) is 6.54 Å². The molecule has 3 nitrogen and oxygen atoms in total. The van der Waals surface area contributed by atoms with E-state index in [0.717, 1.165) is 37.8 Å². The van der Waals surface area contributed by atoms with Gasteiger partial charge in [-0.15, -0.1) is 12.4 Å². The van der Waals surface area contributed by atoms with Crippen molar-refractivity contribution in [2.24, 2.45) is 5.92 Å². The van der Waals surface area contributed by atoms with Gasteiger partial charge >= 0.3 is 5.97 Å². The molecule has 1 aromatic carbocycles. The minimum atomic E-state index is -0.366. The number of halogens is 1. The van der Waals surface area contributed by atoms with Gasteiger partial charge in [0.05, 0.1) is 0 Å². The minimum Gasteiger partial charge on any atom is -0.459 e. The molecule has 1 N–H and O–H groups in total. The number of rotatable bonds is 3. The third-order valence-electron chi connectivity index (χ3n) is 4.33. The second-order valence-corrected chi connectivity index (χ2v) is 5.34. The van der Waals surface area contributed by atoms with Crippen LogP contribution in [0.25, 0.3) is 0 Å². The summed E-state index contributed by atoms with van der Waals surface area (Å²) in [5.41, 5.74) is 0.684. The summed E-state index contributed by atoms with van der Waals surface area (Å²) in [6.45, 7) is 1.33.